The van der Waals surface area contributed by atoms with Crippen molar-refractivity contribution in [3.8, 4) is 17.2 Å². The van der Waals surface area contributed by atoms with Crippen molar-refractivity contribution in [1.29, 1.82) is 0 Å². The summed E-state index contributed by atoms with van der Waals surface area (Å²) in [5.74, 6) is -0.0407. The number of carbonyl (C=O) groups excluding carboxylic acids is 1. The van der Waals surface area contributed by atoms with E-state index in [2.05, 4.69) is 15.6 Å². The summed E-state index contributed by atoms with van der Waals surface area (Å²) in [5, 5.41) is 8.59. The largest absolute Gasteiger partial charge is 0.493 e. The first-order valence-corrected chi connectivity index (χ1v) is 14.3. The van der Waals surface area contributed by atoms with Crippen LogP contribution in [0.25, 0.3) is 5.69 Å². The van der Waals surface area contributed by atoms with Crippen LogP contribution in [-0.2, 0) is 14.8 Å². The van der Waals surface area contributed by atoms with E-state index in [1.807, 2.05) is 57.2 Å². The number of rotatable bonds is 10. The number of methoxy groups -OCH3 is 2. The number of halogens is 1. The maximum atomic E-state index is 13.9. The van der Waals surface area contributed by atoms with Crippen LogP contribution in [0.2, 0.25) is 5.15 Å². The molecule has 0 aliphatic carbocycles. The van der Waals surface area contributed by atoms with E-state index in [0.717, 1.165) is 21.1 Å². The molecule has 0 radical (unpaired) electrons. The van der Waals surface area contributed by atoms with Crippen LogP contribution in [0.1, 0.15) is 22.4 Å². The Balaban J connectivity index is 1.62. The fraction of sp³-hybridized carbons (Fsp3) is 0.207. The number of aryl methyl sites for hydroxylation is 2. The number of ether oxygens (including phenoxy) is 2. The minimum atomic E-state index is -4.21. The van der Waals surface area contributed by atoms with Crippen LogP contribution < -0.4 is 19.2 Å². The molecule has 3 aromatic carbocycles. The van der Waals surface area contributed by atoms with Gasteiger partial charge in [0.05, 0.1) is 48.0 Å². The first kappa shape index (κ1) is 29.6. The van der Waals surface area contributed by atoms with Gasteiger partial charge in [-0.1, -0.05) is 35.9 Å². The van der Waals surface area contributed by atoms with Crippen molar-refractivity contribution in [2.75, 3.05) is 25.1 Å². The molecule has 0 aliphatic rings. The Hall–Kier alpha value is -4.35. The van der Waals surface area contributed by atoms with Crippen LogP contribution in [0.3, 0.4) is 0 Å². The van der Waals surface area contributed by atoms with Crippen molar-refractivity contribution in [2.24, 2.45) is 5.10 Å². The molecule has 0 fully saturated rings. The van der Waals surface area contributed by atoms with Crippen molar-refractivity contribution in [3.63, 3.8) is 0 Å². The van der Waals surface area contributed by atoms with Crippen LogP contribution >= 0.6 is 11.6 Å². The number of nitrogens with zero attached hydrogens (tertiary/aromatic N) is 4. The predicted molar refractivity (Wildman–Crippen MR) is 159 cm³/mol. The van der Waals surface area contributed by atoms with Crippen LogP contribution in [-0.4, -0.2) is 51.1 Å². The quantitative estimate of drug-likeness (QED) is 0.208. The highest BCUT2D eigenvalue weighted by Crippen LogP contribution is 2.32. The molecule has 0 saturated heterocycles. The Morgan fingerprint density at radius 2 is 1.66 bits per heavy atom. The highest BCUT2D eigenvalue weighted by Gasteiger charge is 2.29. The summed E-state index contributed by atoms with van der Waals surface area (Å²) < 4.78 is 41.0. The van der Waals surface area contributed by atoms with Gasteiger partial charge in [0.2, 0.25) is 0 Å². The highest BCUT2D eigenvalue weighted by molar-refractivity contribution is 7.92. The molecule has 0 unspecified atom stereocenters. The number of para-hydroxylation sites is 1. The summed E-state index contributed by atoms with van der Waals surface area (Å²) in [6.07, 6.45) is 1.38. The van der Waals surface area contributed by atoms with Crippen LogP contribution in [0.15, 0.2) is 76.7 Å². The standard InChI is InChI=1S/C29H30ClN5O5S/c1-19-13-20(2)15-23(14-19)34(41(37,38)24-11-12-26(39-4)27(16-24)40-5)18-28(36)32-31-17-25-21(3)35(33-29(25)30)22-9-7-6-8-10-22/h6-17H,18H2,1-5H3,(H,32,36)/b31-17-. The van der Waals surface area contributed by atoms with Crippen molar-refractivity contribution in [1.82, 2.24) is 15.2 Å². The smallest absolute Gasteiger partial charge is 0.264 e. The van der Waals surface area contributed by atoms with E-state index in [0.29, 0.717) is 22.7 Å². The van der Waals surface area contributed by atoms with Crippen molar-refractivity contribution in [2.45, 2.75) is 25.7 Å². The summed E-state index contributed by atoms with van der Waals surface area (Å²) in [5.41, 5.74) is 6.47. The molecule has 0 saturated carbocycles. The number of hydrogen-bond donors (Lipinski definition) is 1. The Labute approximate surface area is 244 Å². The minimum absolute atomic E-state index is 0.0682. The second-order valence-electron chi connectivity index (χ2n) is 9.20. The summed E-state index contributed by atoms with van der Waals surface area (Å²) >= 11 is 6.34. The maximum Gasteiger partial charge on any atom is 0.264 e. The molecule has 0 spiro atoms. The highest BCUT2D eigenvalue weighted by atomic mass is 35.5. The van der Waals surface area contributed by atoms with Gasteiger partial charge in [-0.3, -0.25) is 9.10 Å². The minimum Gasteiger partial charge on any atom is -0.493 e. The third-order valence-corrected chi connectivity index (χ3v) is 8.27. The Morgan fingerprint density at radius 1 is 1.00 bits per heavy atom. The number of nitrogens with one attached hydrogen (secondary N) is 1. The van der Waals surface area contributed by atoms with Gasteiger partial charge in [0.25, 0.3) is 15.9 Å². The molecule has 1 amide bonds. The monoisotopic (exact) mass is 595 g/mol. The zero-order valence-electron chi connectivity index (χ0n) is 23.3. The molecule has 214 valence electrons. The van der Waals surface area contributed by atoms with Crippen molar-refractivity contribution >= 4 is 39.4 Å². The first-order chi connectivity index (χ1) is 19.5. The van der Waals surface area contributed by atoms with Crippen molar-refractivity contribution < 1.29 is 22.7 Å². The average Bonchev–Trinajstić information content (AvgIpc) is 3.23. The SMILES string of the molecule is COc1ccc(S(=O)(=O)N(CC(=O)N/N=C\c2c(Cl)nn(-c3ccccc3)c2C)c2cc(C)cc(C)c2)cc1OC. The van der Waals surface area contributed by atoms with Gasteiger partial charge in [-0.25, -0.2) is 18.5 Å². The Kier molecular flexibility index (Phi) is 8.99. The number of amides is 1. The lowest BCUT2D eigenvalue weighted by atomic mass is 10.1. The topological polar surface area (TPSA) is 115 Å². The maximum absolute atomic E-state index is 13.9. The first-order valence-electron chi connectivity index (χ1n) is 12.5. The number of benzene rings is 3. The number of aromatic nitrogens is 2. The lowest BCUT2D eigenvalue weighted by Gasteiger charge is -2.25. The summed E-state index contributed by atoms with van der Waals surface area (Å²) in [6.45, 7) is 4.99. The molecule has 0 bridgehead atoms. The number of sulfonamides is 1. The number of carbonyl (C=O) groups is 1. The molecule has 10 nitrogen and oxygen atoms in total. The van der Waals surface area contributed by atoms with E-state index < -0.39 is 22.5 Å². The van der Waals surface area contributed by atoms with Gasteiger partial charge in [-0.15, -0.1) is 0 Å². The molecule has 0 aliphatic heterocycles. The van der Waals surface area contributed by atoms with Gasteiger partial charge in [0.1, 0.15) is 6.54 Å². The Bertz CT molecular complexity index is 1680. The van der Waals surface area contributed by atoms with E-state index >= 15 is 0 Å². The Morgan fingerprint density at radius 3 is 2.29 bits per heavy atom. The van der Waals surface area contributed by atoms with E-state index in [-0.39, 0.29) is 15.8 Å². The van der Waals surface area contributed by atoms with E-state index in [9.17, 15) is 13.2 Å². The van der Waals surface area contributed by atoms with Crippen LogP contribution in [0.4, 0.5) is 5.69 Å². The van der Waals surface area contributed by atoms with Gasteiger partial charge in [-0.2, -0.15) is 10.2 Å². The third-order valence-electron chi connectivity index (χ3n) is 6.23. The normalized spacial score (nSPS) is 11.5. The lowest BCUT2D eigenvalue weighted by Crippen LogP contribution is -2.39. The molecule has 1 N–H and O–H groups in total. The van der Waals surface area contributed by atoms with Gasteiger partial charge in [0, 0.05) is 6.07 Å². The number of hydrogen-bond acceptors (Lipinski definition) is 7. The third kappa shape index (κ3) is 6.53. The van der Waals surface area contributed by atoms with Gasteiger partial charge in [0.15, 0.2) is 16.7 Å². The summed E-state index contributed by atoms with van der Waals surface area (Å²) in [7, 11) is -1.33. The molecule has 4 aromatic rings. The van der Waals surface area contributed by atoms with Crippen LogP contribution in [0, 0.1) is 20.8 Å². The van der Waals surface area contributed by atoms with Crippen LogP contribution in [0.5, 0.6) is 11.5 Å². The zero-order chi connectivity index (χ0) is 29.7. The molecular formula is C29H30ClN5O5S. The zero-order valence-corrected chi connectivity index (χ0v) is 24.8. The second-order valence-corrected chi connectivity index (χ2v) is 11.4. The van der Waals surface area contributed by atoms with Gasteiger partial charge >= 0.3 is 0 Å². The number of hydrazone groups is 1. The van der Waals surface area contributed by atoms with Gasteiger partial charge < -0.3 is 9.47 Å². The molecule has 4 rings (SSSR count). The van der Waals surface area contributed by atoms with E-state index in [1.54, 1.807) is 16.8 Å². The second kappa shape index (κ2) is 12.4. The summed E-state index contributed by atoms with van der Waals surface area (Å²) in [6, 6.07) is 19.0. The number of anilines is 1. The summed E-state index contributed by atoms with van der Waals surface area (Å²) in [4.78, 5) is 13.0. The van der Waals surface area contributed by atoms with E-state index in [4.69, 9.17) is 21.1 Å². The fourth-order valence-electron chi connectivity index (χ4n) is 4.30. The molecule has 1 aromatic heterocycles. The molecule has 1 heterocycles. The molecule has 41 heavy (non-hydrogen) atoms. The fourth-order valence-corrected chi connectivity index (χ4v) is 5.98. The lowest BCUT2D eigenvalue weighted by molar-refractivity contribution is -0.119. The van der Waals surface area contributed by atoms with Crippen molar-refractivity contribution in [3.05, 3.63) is 94.3 Å². The molecule has 12 heteroatoms. The van der Waals surface area contributed by atoms with Gasteiger partial charge in [-0.05, 0) is 68.3 Å². The van der Waals surface area contributed by atoms with E-state index in [1.165, 1.54) is 38.6 Å². The average molecular weight is 596 g/mol. The molecular weight excluding hydrogens is 566 g/mol. The predicted octanol–water partition coefficient (Wildman–Crippen LogP) is 4.81. The molecule has 0 atom stereocenters.